The average molecular weight is 425 g/mol. The Kier molecular flexibility index (Phi) is 5.74. The number of nitrogens with zero attached hydrogens (tertiary/aromatic N) is 1. The predicted octanol–water partition coefficient (Wildman–Crippen LogP) is 4.16. The summed E-state index contributed by atoms with van der Waals surface area (Å²) in [5.41, 5.74) is 3.23. The van der Waals surface area contributed by atoms with Crippen molar-refractivity contribution in [2.75, 3.05) is 5.75 Å². The predicted molar refractivity (Wildman–Crippen MR) is 115 cm³/mol. The van der Waals surface area contributed by atoms with Crippen LogP contribution in [0.4, 0.5) is 0 Å². The van der Waals surface area contributed by atoms with Gasteiger partial charge < -0.3 is 9.15 Å². The molecule has 1 aliphatic rings. The molecule has 0 saturated carbocycles. The number of rotatable bonds is 7. The molecule has 1 aromatic heterocycles. The molecule has 0 bridgehead atoms. The van der Waals surface area contributed by atoms with Crippen LogP contribution in [-0.4, -0.2) is 14.9 Å². The molecule has 1 N–H and O–H groups in total. The van der Waals surface area contributed by atoms with Gasteiger partial charge in [0, 0.05) is 29.8 Å². The zero-order chi connectivity index (χ0) is 21.1. The standard InChI is InChI=1S/C23H24N2O4S/c1-2-30(24,27)21-9-7-17(8-10-21)15-29-23-16-28-20(11-22(23)26)14-25-12-18-5-3-4-6-19(18)13-25/h3-11,16,24H,2,12-15H2,1H3. The van der Waals surface area contributed by atoms with Gasteiger partial charge in [-0.3, -0.25) is 9.69 Å². The van der Waals surface area contributed by atoms with E-state index in [9.17, 15) is 9.00 Å². The maximum absolute atomic E-state index is 12.4. The minimum atomic E-state index is -2.73. The maximum Gasteiger partial charge on any atom is 0.227 e. The van der Waals surface area contributed by atoms with E-state index in [0.717, 1.165) is 18.7 Å². The number of nitrogens with one attached hydrogen (secondary N) is 1. The third-order valence-corrected chi connectivity index (χ3v) is 7.09. The van der Waals surface area contributed by atoms with Gasteiger partial charge in [0.2, 0.25) is 11.2 Å². The first-order chi connectivity index (χ1) is 14.4. The molecule has 0 radical (unpaired) electrons. The molecule has 7 heteroatoms. The van der Waals surface area contributed by atoms with Crippen molar-refractivity contribution in [3.63, 3.8) is 0 Å². The Morgan fingerprint density at radius 3 is 2.37 bits per heavy atom. The van der Waals surface area contributed by atoms with Crippen LogP contribution in [0.25, 0.3) is 0 Å². The minimum absolute atomic E-state index is 0.158. The van der Waals surface area contributed by atoms with Crippen LogP contribution in [0.3, 0.4) is 0 Å². The highest BCUT2D eigenvalue weighted by molar-refractivity contribution is 7.92. The molecule has 156 valence electrons. The van der Waals surface area contributed by atoms with Crippen LogP contribution < -0.4 is 10.2 Å². The summed E-state index contributed by atoms with van der Waals surface area (Å²) in [4.78, 5) is 15.1. The molecular formula is C23H24N2O4S. The Labute approximate surface area is 176 Å². The van der Waals surface area contributed by atoms with E-state index in [0.29, 0.717) is 17.2 Å². The SMILES string of the molecule is CCS(=N)(=O)c1ccc(COc2coc(CN3Cc4ccccc4C3)cc2=O)cc1. The lowest BCUT2D eigenvalue weighted by Crippen LogP contribution is -2.17. The lowest BCUT2D eigenvalue weighted by molar-refractivity contribution is 0.241. The van der Waals surface area contributed by atoms with E-state index in [4.69, 9.17) is 13.9 Å². The van der Waals surface area contributed by atoms with Gasteiger partial charge in [0.25, 0.3) is 0 Å². The van der Waals surface area contributed by atoms with Crippen molar-refractivity contribution in [2.45, 2.75) is 38.1 Å². The van der Waals surface area contributed by atoms with Crippen molar-refractivity contribution in [3.8, 4) is 5.75 Å². The molecule has 6 nitrogen and oxygen atoms in total. The van der Waals surface area contributed by atoms with Gasteiger partial charge in [0.15, 0.2) is 0 Å². The Bertz CT molecular complexity index is 1180. The molecule has 30 heavy (non-hydrogen) atoms. The summed E-state index contributed by atoms with van der Waals surface area (Å²) < 4.78 is 31.2. The van der Waals surface area contributed by atoms with E-state index in [1.807, 2.05) is 12.1 Å². The summed E-state index contributed by atoms with van der Waals surface area (Å²) in [7, 11) is -2.73. The van der Waals surface area contributed by atoms with Crippen LogP contribution in [0.1, 0.15) is 29.4 Å². The lowest BCUT2D eigenvalue weighted by atomic mass is 10.1. The van der Waals surface area contributed by atoms with Gasteiger partial charge in [0.05, 0.1) is 16.3 Å². The Hall–Kier alpha value is -2.90. The van der Waals surface area contributed by atoms with Gasteiger partial charge in [0.1, 0.15) is 18.6 Å². The molecule has 4 rings (SSSR count). The van der Waals surface area contributed by atoms with E-state index in [1.165, 1.54) is 23.5 Å². The summed E-state index contributed by atoms with van der Waals surface area (Å²) in [6, 6.07) is 16.7. The Morgan fingerprint density at radius 1 is 1.10 bits per heavy atom. The molecule has 0 aliphatic carbocycles. The van der Waals surface area contributed by atoms with Crippen LogP contribution in [0.2, 0.25) is 0 Å². The Morgan fingerprint density at radius 2 is 1.77 bits per heavy atom. The summed E-state index contributed by atoms with van der Waals surface area (Å²) in [6.45, 7) is 4.18. The zero-order valence-corrected chi connectivity index (χ0v) is 17.6. The van der Waals surface area contributed by atoms with Crippen LogP contribution >= 0.6 is 0 Å². The Balaban J connectivity index is 1.37. The van der Waals surface area contributed by atoms with Crippen molar-refractivity contribution in [3.05, 3.63) is 93.5 Å². The summed E-state index contributed by atoms with van der Waals surface area (Å²) in [6.07, 6.45) is 1.36. The smallest absolute Gasteiger partial charge is 0.227 e. The van der Waals surface area contributed by atoms with Crippen molar-refractivity contribution in [1.29, 1.82) is 4.78 Å². The monoisotopic (exact) mass is 424 g/mol. The second-order valence-electron chi connectivity index (χ2n) is 7.39. The highest BCUT2D eigenvalue weighted by atomic mass is 32.2. The fourth-order valence-electron chi connectivity index (χ4n) is 3.50. The van der Waals surface area contributed by atoms with E-state index in [2.05, 4.69) is 17.0 Å². The molecule has 0 amide bonds. The zero-order valence-electron chi connectivity index (χ0n) is 16.8. The average Bonchev–Trinajstić information content (AvgIpc) is 3.16. The quantitative estimate of drug-likeness (QED) is 0.616. The summed E-state index contributed by atoms with van der Waals surface area (Å²) >= 11 is 0. The third-order valence-electron chi connectivity index (χ3n) is 5.24. The molecule has 3 aromatic rings. The summed E-state index contributed by atoms with van der Waals surface area (Å²) in [5.74, 6) is 1.04. The van der Waals surface area contributed by atoms with Gasteiger partial charge in [-0.2, -0.15) is 0 Å². The number of benzene rings is 2. The van der Waals surface area contributed by atoms with E-state index >= 15 is 0 Å². The second kappa shape index (κ2) is 8.45. The molecule has 2 heterocycles. The molecule has 1 atom stereocenters. The van der Waals surface area contributed by atoms with Crippen LogP contribution in [0, 0.1) is 4.78 Å². The number of hydrogen-bond acceptors (Lipinski definition) is 6. The molecule has 0 saturated heterocycles. The number of fused-ring (bicyclic) bond motifs is 1. The van der Waals surface area contributed by atoms with E-state index in [-0.39, 0.29) is 23.5 Å². The normalized spacial score (nSPS) is 15.5. The van der Waals surface area contributed by atoms with Crippen LogP contribution in [-0.2, 0) is 36.0 Å². The van der Waals surface area contributed by atoms with Gasteiger partial charge in [-0.15, -0.1) is 0 Å². The largest absolute Gasteiger partial charge is 0.482 e. The number of hydrogen-bond donors (Lipinski definition) is 1. The molecule has 1 unspecified atom stereocenters. The van der Waals surface area contributed by atoms with Gasteiger partial charge >= 0.3 is 0 Å². The van der Waals surface area contributed by atoms with Crippen molar-refractivity contribution >= 4 is 9.73 Å². The van der Waals surface area contributed by atoms with E-state index in [1.54, 1.807) is 31.2 Å². The highest BCUT2D eigenvalue weighted by Gasteiger charge is 2.19. The van der Waals surface area contributed by atoms with Gasteiger partial charge in [-0.25, -0.2) is 8.99 Å². The first-order valence-electron chi connectivity index (χ1n) is 9.84. The molecular weight excluding hydrogens is 400 g/mol. The van der Waals surface area contributed by atoms with Crippen LogP contribution in [0.15, 0.2) is 75.0 Å². The fraction of sp³-hybridized carbons (Fsp3) is 0.261. The fourth-order valence-corrected chi connectivity index (χ4v) is 4.40. The summed E-state index contributed by atoms with van der Waals surface area (Å²) in [5, 5.41) is 0. The third kappa shape index (κ3) is 4.47. The first kappa shape index (κ1) is 20.4. The lowest BCUT2D eigenvalue weighted by Gasteiger charge is -2.14. The minimum Gasteiger partial charge on any atom is -0.482 e. The van der Waals surface area contributed by atoms with Gasteiger partial charge in [-0.1, -0.05) is 43.3 Å². The maximum atomic E-state index is 12.4. The molecule has 0 spiro atoms. The van der Waals surface area contributed by atoms with Gasteiger partial charge in [-0.05, 0) is 28.8 Å². The second-order valence-corrected chi connectivity index (χ2v) is 9.78. The topological polar surface area (TPSA) is 83.6 Å². The van der Waals surface area contributed by atoms with Crippen molar-refractivity contribution in [1.82, 2.24) is 4.90 Å². The highest BCUT2D eigenvalue weighted by Crippen LogP contribution is 2.24. The van der Waals surface area contributed by atoms with Crippen LogP contribution in [0.5, 0.6) is 5.75 Å². The molecule has 2 aromatic carbocycles. The number of ether oxygens (including phenoxy) is 1. The van der Waals surface area contributed by atoms with E-state index < -0.39 is 9.73 Å². The van der Waals surface area contributed by atoms with Crippen molar-refractivity contribution < 1.29 is 13.4 Å². The van der Waals surface area contributed by atoms with Crippen molar-refractivity contribution in [2.24, 2.45) is 0 Å². The molecule has 0 fully saturated rings. The first-order valence-corrected chi connectivity index (χ1v) is 11.6. The molecule has 1 aliphatic heterocycles.